The van der Waals surface area contributed by atoms with Crippen molar-refractivity contribution in [1.82, 2.24) is 15.2 Å². The van der Waals surface area contributed by atoms with Gasteiger partial charge in [-0.25, -0.2) is 0 Å². The van der Waals surface area contributed by atoms with Crippen LogP contribution in [0.25, 0.3) is 0 Å². The van der Waals surface area contributed by atoms with E-state index in [1.54, 1.807) is 0 Å². The van der Waals surface area contributed by atoms with Crippen molar-refractivity contribution in [2.24, 2.45) is 17.2 Å². The molecule has 3 N–H and O–H groups in total. The Morgan fingerprint density at radius 3 is 2.74 bits per heavy atom. The Balaban J connectivity index is 2.06. The standard InChI is InChI=1S/C15H28N4/c1-11(2)19-9-7-12(18-19)10-14(17-16)13-6-5-8-15(13,3)4/h7,9,11,13-14,17H,5-6,8,10,16H2,1-4H3. The van der Waals surface area contributed by atoms with Gasteiger partial charge >= 0.3 is 0 Å². The van der Waals surface area contributed by atoms with Crippen LogP contribution in [0.3, 0.4) is 0 Å². The number of nitrogens with zero attached hydrogens (tertiary/aromatic N) is 2. The zero-order valence-corrected chi connectivity index (χ0v) is 12.7. The number of nitrogens with two attached hydrogens (primary N) is 1. The average Bonchev–Trinajstić information content (AvgIpc) is 2.92. The molecule has 0 radical (unpaired) electrons. The Morgan fingerprint density at radius 1 is 1.53 bits per heavy atom. The van der Waals surface area contributed by atoms with Gasteiger partial charge in [-0.05, 0) is 44.1 Å². The summed E-state index contributed by atoms with van der Waals surface area (Å²) in [6.45, 7) is 9.02. The second-order valence-electron chi connectivity index (χ2n) is 6.85. The van der Waals surface area contributed by atoms with Gasteiger partial charge in [0.05, 0.1) is 5.69 Å². The molecule has 4 heteroatoms. The second-order valence-corrected chi connectivity index (χ2v) is 6.85. The summed E-state index contributed by atoms with van der Waals surface area (Å²) >= 11 is 0. The van der Waals surface area contributed by atoms with E-state index in [0.717, 1.165) is 12.1 Å². The van der Waals surface area contributed by atoms with Crippen LogP contribution in [-0.4, -0.2) is 15.8 Å². The van der Waals surface area contributed by atoms with Crippen LogP contribution in [0.1, 0.15) is 58.7 Å². The lowest BCUT2D eigenvalue weighted by Crippen LogP contribution is -2.45. The molecule has 1 aliphatic carbocycles. The molecule has 108 valence electrons. The molecule has 2 atom stereocenters. The second kappa shape index (κ2) is 5.63. The normalized spacial score (nSPS) is 24.0. The molecule has 2 unspecified atom stereocenters. The molecule has 1 fully saturated rings. The van der Waals surface area contributed by atoms with Gasteiger partial charge in [-0.3, -0.25) is 16.0 Å². The number of hydrazine groups is 1. The molecule has 0 aromatic carbocycles. The summed E-state index contributed by atoms with van der Waals surface area (Å²) in [6.07, 6.45) is 6.87. The SMILES string of the molecule is CC(C)n1ccc(CC(NN)C2CCCC2(C)C)n1. The minimum Gasteiger partial charge on any atom is -0.271 e. The first-order chi connectivity index (χ1) is 8.94. The Bertz CT molecular complexity index is 408. The van der Waals surface area contributed by atoms with Gasteiger partial charge in [-0.2, -0.15) is 5.10 Å². The van der Waals surface area contributed by atoms with Crippen LogP contribution in [0.15, 0.2) is 12.3 Å². The molecule has 0 aliphatic heterocycles. The zero-order chi connectivity index (χ0) is 14.0. The molecular formula is C15H28N4. The molecular weight excluding hydrogens is 236 g/mol. The number of hydrogen-bond acceptors (Lipinski definition) is 3. The summed E-state index contributed by atoms with van der Waals surface area (Å²) in [7, 11) is 0. The van der Waals surface area contributed by atoms with Crippen molar-refractivity contribution >= 4 is 0 Å². The van der Waals surface area contributed by atoms with E-state index in [1.165, 1.54) is 19.3 Å². The quantitative estimate of drug-likeness (QED) is 0.635. The molecule has 4 nitrogen and oxygen atoms in total. The average molecular weight is 264 g/mol. The highest BCUT2D eigenvalue weighted by Gasteiger charge is 2.39. The topological polar surface area (TPSA) is 55.9 Å². The van der Waals surface area contributed by atoms with Gasteiger partial charge in [0, 0.05) is 24.7 Å². The fourth-order valence-electron chi connectivity index (χ4n) is 3.42. The molecule has 0 amide bonds. The highest BCUT2D eigenvalue weighted by atomic mass is 15.3. The van der Waals surface area contributed by atoms with Crippen molar-refractivity contribution in [2.75, 3.05) is 0 Å². The summed E-state index contributed by atoms with van der Waals surface area (Å²) in [6, 6.07) is 2.86. The molecule has 1 heterocycles. The third kappa shape index (κ3) is 3.18. The Labute approximate surface area is 116 Å². The third-order valence-corrected chi connectivity index (χ3v) is 4.66. The van der Waals surface area contributed by atoms with Crippen molar-refractivity contribution in [3.05, 3.63) is 18.0 Å². The summed E-state index contributed by atoms with van der Waals surface area (Å²) in [5, 5.41) is 4.64. The molecule has 0 spiro atoms. The van der Waals surface area contributed by atoms with E-state index in [2.05, 4.69) is 50.5 Å². The van der Waals surface area contributed by atoms with Crippen molar-refractivity contribution in [2.45, 2.75) is 65.5 Å². The third-order valence-electron chi connectivity index (χ3n) is 4.66. The highest BCUT2D eigenvalue weighted by Crippen LogP contribution is 2.44. The molecule has 19 heavy (non-hydrogen) atoms. The molecule has 1 saturated carbocycles. The van der Waals surface area contributed by atoms with E-state index in [0.29, 0.717) is 23.4 Å². The number of nitrogens with one attached hydrogen (secondary N) is 1. The van der Waals surface area contributed by atoms with Gasteiger partial charge in [0.15, 0.2) is 0 Å². The lowest BCUT2D eigenvalue weighted by Gasteiger charge is -2.33. The molecule has 1 aromatic rings. The summed E-state index contributed by atoms with van der Waals surface area (Å²) in [5.41, 5.74) is 4.56. The van der Waals surface area contributed by atoms with E-state index in [9.17, 15) is 0 Å². The van der Waals surface area contributed by atoms with Crippen LogP contribution >= 0.6 is 0 Å². The Kier molecular flexibility index (Phi) is 4.31. The van der Waals surface area contributed by atoms with Gasteiger partial charge in [0.25, 0.3) is 0 Å². The molecule has 0 saturated heterocycles. The first kappa shape index (κ1) is 14.5. The van der Waals surface area contributed by atoms with Crippen molar-refractivity contribution in [3.63, 3.8) is 0 Å². The van der Waals surface area contributed by atoms with Crippen molar-refractivity contribution < 1.29 is 0 Å². The monoisotopic (exact) mass is 264 g/mol. The Morgan fingerprint density at radius 2 is 2.26 bits per heavy atom. The summed E-state index contributed by atoms with van der Waals surface area (Å²) < 4.78 is 2.02. The minimum atomic E-state index is 0.327. The smallest absolute Gasteiger partial charge is 0.0640 e. The number of rotatable bonds is 5. The lowest BCUT2D eigenvalue weighted by atomic mass is 9.76. The minimum absolute atomic E-state index is 0.327. The van der Waals surface area contributed by atoms with Gasteiger partial charge in [0.1, 0.15) is 0 Å². The maximum Gasteiger partial charge on any atom is 0.0640 e. The van der Waals surface area contributed by atoms with E-state index in [1.807, 2.05) is 4.68 Å². The van der Waals surface area contributed by atoms with E-state index in [-0.39, 0.29) is 0 Å². The van der Waals surface area contributed by atoms with Crippen LogP contribution in [0.4, 0.5) is 0 Å². The van der Waals surface area contributed by atoms with Crippen LogP contribution in [-0.2, 0) is 6.42 Å². The molecule has 1 aromatic heterocycles. The van der Waals surface area contributed by atoms with Crippen molar-refractivity contribution in [3.8, 4) is 0 Å². The molecule has 2 rings (SSSR count). The fourth-order valence-corrected chi connectivity index (χ4v) is 3.42. The summed E-state index contributed by atoms with van der Waals surface area (Å²) in [4.78, 5) is 0. The van der Waals surface area contributed by atoms with Gasteiger partial charge < -0.3 is 0 Å². The van der Waals surface area contributed by atoms with Crippen LogP contribution in [0.2, 0.25) is 0 Å². The van der Waals surface area contributed by atoms with Crippen molar-refractivity contribution in [1.29, 1.82) is 0 Å². The Hall–Kier alpha value is -0.870. The maximum atomic E-state index is 5.80. The highest BCUT2D eigenvalue weighted by molar-refractivity contribution is 5.04. The number of aromatic nitrogens is 2. The van der Waals surface area contributed by atoms with Crippen LogP contribution in [0, 0.1) is 11.3 Å². The van der Waals surface area contributed by atoms with Crippen LogP contribution < -0.4 is 11.3 Å². The largest absolute Gasteiger partial charge is 0.271 e. The van der Waals surface area contributed by atoms with E-state index in [4.69, 9.17) is 5.84 Å². The lowest BCUT2D eigenvalue weighted by molar-refractivity contribution is 0.195. The fraction of sp³-hybridized carbons (Fsp3) is 0.800. The first-order valence-electron chi connectivity index (χ1n) is 7.44. The number of hydrogen-bond donors (Lipinski definition) is 2. The summed E-state index contributed by atoms with van der Waals surface area (Å²) in [5.74, 6) is 6.44. The predicted octanol–water partition coefficient (Wildman–Crippen LogP) is 2.66. The molecule has 1 aliphatic rings. The van der Waals surface area contributed by atoms with Gasteiger partial charge in [0.2, 0.25) is 0 Å². The first-order valence-corrected chi connectivity index (χ1v) is 7.44. The zero-order valence-electron chi connectivity index (χ0n) is 12.7. The van der Waals surface area contributed by atoms with E-state index >= 15 is 0 Å². The van der Waals surface area contributed by atoms with Gasteiger partial charge in [-0.1, -0.05) is 20.3 Å². The maximum absolute atomic E-state index is 5.80. The van der Waals surface area contributed by atoms with Crippen LogP contribution in [0.5, 0.6) is 0 Å². The molecule has 0 bridgehead atoms. The predicted molar refractivity (Wildman–Crippen MR) is 78.5 cm³/mol. The van der Waals surface area contributed by atoms with Gasteiger partial charge in [-0.15, -0.1) is 0 Å². The van der Waals surface area contributed by atoms with E-state index < -0.39 is 0 Å².